The molecule has 0 saturated carbocycles. The largest absolute Gasteiger partial charge is 0.479 e. The summed E-state index contributed by atoms with van der Waals surface area (Å²) < 4.78 is 10.1. The lowest BCUT2D eigenvalue weighted by atomic mass is 10.2. The summed E-state index contributed by atoms with van der Waals surface area (Å²) in [5.41, 5.74) is 0.835. The van der Waals surface area contributed by atoms with Crippen LogP contribution in [-0.4, -0.2) is 24.2 Å². The molecule has 0 aliphatic heterocycles. The number of ether oxygens (including phenoxy) is 2. The lowest BCUT2D eigenvalue weighted by Gasteiger charge is -2.12. The first-order valence-electron chi connectivity index (χ1n) is 5.30. The molecule has 17 heavy (non-hydrogen) atoms. The van der Waals surface area contributed by atoms with Crippen LogP contribution in [0.25, 0.3) is 10.9 Å². The molecule has 1 atom stereocenters. The molecule has 0 fully saturated rings. The third kappa shape index (κ3) is 2.53. The molecule has 1 heterocycles. The van der Waals surface area contributed by atoms with Crippen molar-refractivity contribution in [3.63, 3.8) is 0 Å². The summed E-state index contributed by atoms with van der Waals surface area (Å²) in [6.45, 7) is 1.65. The molecule has 0 aliphatic rings. The van der Waals surface area contributed by atoms with Crippen LogP contribution in [-0.2, 0) is 9.53 Å². The summed E-state index contributed by atoms with van der Waals surface area (Å²) in [6.07, 6.45) is 1.09. The number of hydrogen-bond acceptors (Lipinski definition) is 4. The van der Waals surface area contributed by atoms with Crippen molar-refractivity contribution in [1.82, 2.24) is 4.98 Å². The molecule has 0 N–H and O–H groups in total. The molecule has 2 rings (SSSR count). The van der Waals surface area contributed by atoms with Gasteiger partial charge < -0.3 is 9.47 Å². The van der Waals surface area contributed by atoms with Gasteiger partial charge in [-0.3, -0.25) is 4.98 Å². The first-order valence-corrected chi connectivity index (χ1v) is 5.30. The molecule has 0 saturated heterocycles. The second-order valence-corrected chi connectivity index (χ2v) is 3.64. The molecule has 0 bridgehead atoms. The summed E-state index contributed by atoms with van der Waals surface area (Å²) in [7, 11) is 1.34. The van der Waals surface area contributed by atoms with Gasteiger partial charge in [0.15, 0.2) is 6.10 Å². The van der Waals surface area contributed by atoms with Crippen LogP contribution < -0.4 is 4.74 Å². The number of rotatable bonds is 3. The number of hydrogen-bond donors (Lipinski definition) is 0. The van der Waals surface area contributed by atoms with E-state index < -0.39 is 12.1 Å². The van der Waals surface area contributed by atoms with Gasteiger partial charge in [-0.2, -0.15) is 0 Å². The summed E-state index contributed by atoms with van der Waals surface area (Å²) in [5.74, 6) is 0.209. The molecule has 0 unspecified atom stereocenters. The van der Waals surface area contributed by atoms with Crippen molar-refractivity contribution in [2.24, 2.45) is 0 Å². The number of esters is 1. The van der Waals surface area contributed by atoms with Crippen molar-refractivity contribution in [3.8, 4) is 5.75 Å². The number of nitrogens with zero attached hydrogens (tertiary/aromatic N) is 1. The fraction of sp³-hybridized carbons (Fsp3) is 0.231. The maximum Gasteiger partial charge on any atom is 0.346 e. The lowest BCUT2D eigenvalue weighted by molar-refractivity contribution is -0.147. The zero-order valence-electron chi connectivity index (χ0n) is 9.71. The fourth-order valence-electron chi connectivity index (χ4n) is 1.54. The predicted octanol–water partition coefficient (Wildman–Crippen LogP) is 2.18. The standard InChI is InChI=1S/C13H13NO3/c1-9(13(15)16-2)17-11-6-5-10-4-3-7-14-12(10)8-11/h3-9H,1-2H3/t9-/m0/s1. The molecule has 4 nitrogen and oxygen atoms in total. The zero-order chi connectivity index (χ0) is 12.3. The summed E-state index contributed by atoms with van der Waals surface area (Å²) in [5, 5.41) is 1.03. The maximum absolute atomic E-state index is 11.2. The topological polar surface area (TPSA) is 48.4 Å². The van der Waals surface area contributed by atoms with Crippen LogP contribution >= 0.6 is 0 Å². The summed E-state index contributed by atoms with van der Waals surface area (Å²) in [4.78, 5) is 15.4. The van der Waals surface area contributed by atoms with Gasteiger partial charge in [0.1, 0.15) is 5.75 Å². The molecule has 4 heteroatoms. The first kappa shape index (κ1) is 11.4. The van der Waals surface area contributed by atoms with Gasteiger partial charge in [0.2, 0.25) is 0 Å². The van der Waals surface area contributed by atoms with E-state index in [0.717, 1.165) is 10.9 Å². The Balaban J connectivity index is 2.22. The second kappa shape index (κ2) is 4.82. The van der Waals surface area contributed by atoms with Gasteiger partial charge >= 0.3 is 5.97 Å². The Labute approximate surface area is 99.2 Å². The molecule has 88 valence electrons. The number of aromatic nitrogens is 1. The van der Waals surface area contributed by atoms with Crippen LogP contribution in [0.5, 0.6) is 5.75 Å². The third-order valence-corrected chi connectivity index (χ3v) is 2.42. The van der Waals surface area contributed by atoms with E-state index in [1.807, 2.05) is 24.3 Å². The molecule has 0 aliphatic carbocycles. The SMILES string of the molecule is COC(=O)[C@H](C)Oc1ccc2cccnc2c1. The van der Waals surface area contributed by atoms with Crippen LogP contribution in [0.4, 0.5) is 0 Å². The molecule has 1 aromatic carbocycles. The lowest BCUT2D eigenvalue weighted by Crippen LogP contribution is -2.24. The Bertz CT molecular complexity index is 539. The van der Waals surface area contributed by atoms with E-state index >= 15 is 0 Å². The highest BCUT2D eigenvalue weighted by molar-refractivity contribution is 5.80. The third-order valence-electron chi connectivity index (χ3n) is 2.42. The van der Waals surface area contributed by atoms with Crippen molar-refractivity contribution >= 4 is 16.9 Å². The highest BCUT2D eigenvalue weighted by Crippen LogP contribution is 2.19. The van der Waals surface area contributed by atoms with E-state index in [1.54, 1.807) is 19.2 Å². The normalized spacial score (nSPS) is 12.1. The van der Waals surface area contributed by atoms with E-state index in [9.17, 15) is 4.79 Å². The average molecular weight is 231 g/mol. The van der Waals surface area contributed by atoms with Gasteiger partial charge in [-0.25, -0.2) is 4.79 Å². The number of methoxy groups -OCH3 is 1. The number of pyridine rings is 1. The van der Waals surface area contributed by atoms with Crippen LogP contribution in [0.3, 0.4) is 0 Å². The van der Waals surface area contributed by atoms with E-state index in [4.69, 9.17) is 4.74 Å². The Kier molecular flexibility index (Phi) is 3.23. The summed E-state index contributed by atoms with van der Waals surface area (Å²) in [6, 6.07) is 9.36. The Morgan fingerprint density at radius 1 is 1.35 bits per heavy atom. The van der Waals surface area contributed by atoms with E-state index in [0.29, 0.717) is 5.75 Å². The number of carbonyl (C=O) groups excluding carboxylic acids is 1. The van der Waals surface area contributed by atoms with E-state index in [1.165, 1.54) is 7.11 Å². The Morgan fingerprint density at radius 3 is 2.94 bits per heavy atom. The number of carbonyl (C=O) groups is 1. The van der Waals surface area contributed by atoms with E-state index in [2.05, 4.69) is 9.72 Å². The molecule has 0 radical (unpaired) electrons. The molecule has 0 spiro atoms. The van der Waals surface area contributed by atoms with Crippen molar-refractivity contribution in [1.29, 1.82) is 0 Å². The van der Waals surface area contributed by atoms with Crippen molar-refractivity contribution in [2.75, 3.05) is 7.11 Å². The zero-order valence-corrected chi connectivity index (χ0v) is 9.71. The molecular weight excluding hydrogens is 218 g/mol. The summed E-state index contributed by atoms with van der Waals surface area (Å²) >= 11 is 0. The van der Waals surface area contributed by atoms with Gasteiger partial charge in [0, 0.05) is 17.6 Å². The second-order valence-electron chi connectivity index (χ2n) is 3.64. The van der Waals surface area contributed by atoms with Gasteiger partial charge in [-0.1, -0.05) is 6.07 Å². The monoisotopic (exact) mass is 231 g/mol. The number of fused-ring (bicyclic) bond motifs is 1. The van der Waals surface area contributed by atoms with Crippen LogP contribution in [0.15, 0.2) is 36.5 Å². The fourth-order valence-corrected chi connectivity index (χ4v) is 1.54. The predicted molar refractivity (Wildman–Crippen MR) is 63.8 cm³/mol. The van der Waals surface area contributed by atoms with Gasteiger partial charge in [-0.05, 0) is 25.1 Å². The van der Waals surface area contributed by atoms with Gasteiger partial charge in [0.25, 0.3) is 0 Å². The average Bonchev–Trinajstić information content (AvgIpc) is 2.37. The minimum atomic E-state index is -0.624. The highest BCUT2D eigenvalue weighted by atomic mass is 16.6. The molecule has 2 aromatic rings. The molecular formula is C13H13NO3. The quantitative estimate of drug-likeness (QED) is 0.759. The van der Waals surface area contributed by atoms with Crippen molar-refractivity contribution in [3.05, 3.63) is 36.5 Å². The van der Waals surface area contributed by atoms with Gasteiger partial charge in [-0.15, -0.1) is 0 Å². The Hall–Kier alpha value is -2.10. The minimum Gasteiger partial charge on any atom is -0.479 e. The molecule has 0 amide bonds. The minimum absolute atomic E-state index is 0.397. The van der Waals surface area contributed by atoms with Crippen LogP contribution in [0.2, 0.25) is 0 Å². The highest BCUT2D eigenvalue weighted by Gasteiger charge is 2.14. The van der Waals surface area contributed by atoms with Crippen LogP contribution in [0, 0.1) is 0 Å². The Morgan fingerprint density at radius 2 is 2.18 bits per heavy atom. The van der Waals surface area contributed by atoms with Crippen molar-refractivity contribution < 1.29 is 14.3 Å². The smallest absolute Gasteiger partial charge is 0.346 e. The molecule has 1 aromatic heterocycles. The number of benzene rings is 1. The van der Waals surface area contributed by atoms with Crippen LogP contribution in [0.1, 0.15) is 6.92 Å². The van der Waals surface area contributed by atoms with Crippen molar-refractivity contribution in [2.45, 2.75) is 13.0 Å². The maximum atomic E-state index is 11.2. The first-order chi connectivity index (χ1) is 8.20. The van der Waals surface area contributed by atoms with E-state index in [-0.39, 0.29) is 0 Å². The van der Waals surface area contributed by atoms with Gasteiger partial charge in [0.05, 0.1) is 12.6 Å².